The molecule has 0 radical (unpaired) electrons. The van der Waals surface area contributed by atoms with Crippen molar-refractivity contribution < 1.29 is 0 Å². The van der Waals surface area contributed by atoms with E-state index in [2.05, 4.69) is 43.0 Å². The summed E-state index contributed by atoms with van der Waals surface area (Å²) in [6, 6.07) is 0.493. The Labute approximate surface area is 133 Å². The molecule has 1 aliphatic rings. The van der Waals surface area contributed by atoms with Gasteiger partial charge in [-0.25, -0.2) is 4.98 Å². The molecule has 0 aromatic carbocycles. The molecule has 2 rings (SSSR count). The molecule has 0 bridgehead atoms. The van der Waals surface area contributed by atoms with Crippen molar-refractivity contribution in [1.29, 1.82) is 0 Å². The molecule has 1 aromatic heterocycles. The van der Waals surface area contributed by atoms with Gasteiger partial charge in [-0.05, 0) is 59.2 Å². The highest BCUT2D eigenvalue weighted by Gasteiger charge is 2.21. The van der Waals surface area contributed by atoms with Gasteiger partial charge in [-0.15, -0.1) is 23.7 Å². The first-order valence-electron chi connectivity index (χ1n) is 7.49. The van der Waals surface area contributed by atoms with Crippen LogP contribution in [0.3, 0.4) is 0 Å². The van der Waals surface area contributed by atoms with Crippen molar-refractivity contribution in [2.75, 3.05) is 26.7 Å². The predicted molar refractivity (Wildman–Crippen MR) is 90.1 cm³/mol. The van der Waals surface area contributed by atoms with Crippen LogP contribution in [0.15, 0.2) is 0 Å². The van der Waals surface area contributed by atoms with E-state index in [1.165, 1.54) is 48.1 Å². The van der Waals surface area contributed by atoms with Crippen LogP contribution in [0.25, 0.3) is 0 Å². The minimum Gasteiger partial charge on any atom is -0.317 e. The van der Waals surface area contributed by atoms with Gasteiger partial charge in [-0.1, -0.05) is 6.92 Å². The Bertz CT molecular complexity index is 402. The van der Waals surface area contributed by atoms with Crippen LogP contribution in [-0.4, -0.2) is 36.6 Å². The summed E-state index contributed by atoms with van der Waals surface area (Å²) in [6.45, 7) is 10.2. The molecule has 5 heteroatoms. The monoisotopic (exact) mass is 317 g/mol. The number of nitrogens with zero attached hydrogens (tertiary/aromatic N) is 2. The number of aryl methyl sites for hydroxylation is 2. The number of rotatable bonds is 5. The van der Waals surface area contributed by atoms with E-state index in [4.69, 9.17) is 0 Å². The second kappa shape index (κ2) is 8.32. The Morgan fingerprint density at radius 3 is 2.60 bits per heavy atom. The second-order valence-electron chi connectivity index (χ2n) is 5.72. The predicted octanol–water partition coefficient (Wildman–Crippen LogP) is 3.43. The van der Waals surface area contributed by atoms with Gasteiger partial charge in [0.05, 0.1) is 10.7 Å². The van der Waals surface area contributed by atoms with Crippen molar-refractivity contribution >= 4 is 23.7 Å². The fourth-order valence-corrected chi connectivity index (χ4v) is 3.96. The summed E-state index contributed by atoms with van der Waals surface area (Å²) < 4.78 is 0. The van der Waals surface area contributed by atoms with Crippen molar-refractivity contribution in [3.05, 3.63) is 15.6 Å². The lowest BCUT2D eigenvalue weighted by Gasteiger charge is -2.31. The van der Waals surface area contributed by atoms with E-state index in [1.807, 2.05) is 11.3 Å². The van der Waals surface area contributed by atoms with Gasteiger partial charge in [0.2, 0.25) is 0 Å². The van der Waals surface area contributed by atoms with Crippen molar-refractivity contribution in [2.24, 2.45) is 5.92 Å². The Hall–Kier alpha value is -0.160. The number of piperidine rings is 1. The molecule has 1 N–H and O–H groups in total. The van der Waals surface area contributed by atoms with Crippen LogP contribution in [0.4, 0.5) is 0 Å². The summed E-state index contributed by atoms with van der Waals surface area (Å²) in [6.07, 6.45) is 3.69. The van der Waals surface area contributed by atoms with Crippen LogP contribution in [-0.2, 0) is 6.42 Å². The third kappa shape index (κ3) is 4.42. The van der Waals surface area contributed by atoms with Crippen molar-refractivity contribution in [3.63, 3.8) is 0 Å². The van der Waals surface area contributed by atoms with Crippen LogP contribution in [0.2, 0.25) is 0 Å². The first-order valence-corrected chi connectivity index (χ1v) is 8.30. The number of hydrogen-bond acceptors (Lipinski definition) is 4. The molecule has 0 amide bonds. The van der Waals surface area contributed by atoms with Crippen molar-refractivity contribution in [2.45, 2.75) is 46.1 Å². The van der Waals surface area contributed by atoms with Gasteiger partial charge in [-0.2, -0.15) is 0 Å². The molecule has 1 saturated heterocycles. The van der Waals surface area contributed by atoms with Gasteiger partial charge < -0.3 is 5.32 Å². The summed E-state index contributed by atoms with van der Waals surface area (Å²) in [4.78, 5) is 8.62. The Morgan fingerprint density at radius 1 is 1.40 bits per heavy atom. The first kappa shape index (κ1) is 17.9. The van der Waals surface area contributed by atoms with Crippen molar-refractivity contribution in [3.8, 4) is 0 Å². The topological polar surface area (TPSA) is 28.2 Å². The maximum Gasteiger partial charge on any atom is 0.0928 e. The Kier molecular flexibility index (Phi) is 7.45. The molecule has 0 aliphatic carbocycles. The lowest BCUT2D eigenvalue weighted by molar-refractivity contribution is 0.198. The van der Waals surface area contributed by atoms with Crippen molar-refractivity contribution in [1.82, 2.24) is 15.2 Å². The van der Waals surface area contributed by atoms with Gasteiger partial charge in [0, 0.05) is 17.5 Å². The molecule has 1 unspecified atom stereocenters. The van der Waals surface area contributed by atoms with Crippen LogP contribution >= 0.6 is 23.7 Å². The van der Waals surface area contributed by atoms with E-state index in [-0.39, 0.29) is 12.4 Å². The van der Waals surface area contributed by atoms with E-state index in [0.717, 1.165) is 12.3 Å². The molecule has 1 aliphatic heterocycles. The van der Waals surface area contributed by atoms with Gasteiger partial charge >= 0.3 is 0 Å². The summed E-state index contributed by atoms with van der Waals surface area (Å²) in [5.74, 6) is 0.854. The molecule has 2 heterocycles. The number of thiazole rings is 1. The van der Waals surface area contributed by atoms with Gasteiger partial charge in [0.15, 0.2) is 0 Å². The molecule has 1 atom stereocenters. The lowest BCUT2D eigenvalue weighted by atomic mass is 9.97. The number of hydrogen-bond donors (Lipinski definition) is 1. The minimum absolute atomic E-state index is 0. The molecule has 116 valence electrons. The molecule has 1 fully saturated rings. The fourth-order valence-electron chi connectivity index (χ4n) is 2.83. The van der Waals surface area contributed by atoms with Gasteiger partial charge in [0.1, 0.15) is 0 Å². The van der Waals surface area contributed by atoms with Crippen LogP contribution < -0.4 is 5.32 Å². The quantitative estimate of drug-likeness (QED) is 0.902. The summed E-state index contributed by atoms with van der Waals surface area (Å²) in [5.41, 5.74) is 1.23. The molecular formula is C15H28ClN3S. The molecule has 1 aromatic rings. The molecule has 0 spiro atoms. The van der Waals surface area contributed by atoms with Crippen LogP contribution in [0.5, 0.6) is 0 Å². The number of halogens is 1. The SMILES string of the molecule is CCc1nc(C)c(C(C)N(C)CC2CCNCC2)s1.Cl. The third-order valence-corrected chi connectivity index (χ3v) is 5.70. The first-order chi connectivity index (χ1) is 9.11. The van der Waals surface area contributed by atoms with Gasteiger partial charge in [0.25, 0.3) is 0 Å². The zero-order valence-electron chi connectivity index (χ0n) is 13.1. The van der Waals surface area contributed by atoms with E-state index < -0.39 is 0 Å². The highest BCUT2D eigenvalue weighted by atomic mass is 35.5. The Balaban J connectivity index is 0.00000200. The van der Waals surface area contributed by atoms with E-state index in [1.54, 1.807) is 0 Å². The molecular weight excluding hydrogens is 290 g/mol. The summed E-state index contributed by atoms with van der Waals surface area (Å²) in [7, 11) is 2.26. The Morgan fingerprint density at radius 2 is 2.05 bits per heavy atom. The minimum atomic E-state index is 0. The van der Waals surface area contributed by atoms with Crippen LogP contribution in [0.1, 0.15) is 48.3 Å². The normalized spacial score (nSPS) is 18.1. The average molecular weight is 318 g/mol. The smallest absolute Gasteiger partial charge is 0.0928 e. The highest BCUT2D eigenvalue weighted by molar-refractivity contribution is 7.11. The molecule has 20 heavy (non-hydrogen) atoms. The summed E-state index contributed by atoms with van der Waals surface area (Å²) in [5, 5.41) is 4.72. The van der Waals surface area contributed by atoms with E-state index in [9.17, 15) is 0 Å². The fraction of sp³-hybridized carbons (Fsp3) is 0.800. The number of nitrogens with one attached hydrogen (secondary N) is 1. The highest BCUT2D eigenvalue weighted by Crippen LogP contribution is 2.29. The molecule has 0 saturated carbocycles. The van der Waals surface area contributed by atoms with E-state index in [0.29, 0.717) is 6.04 Å². The maximum absolute atomic E-state index is 4.66. The zero-order chi connectivity index (χ0) is 13.8. The standard InChI is InChI=1S/C15H27N3S.ClH/c1-5-14-17-11(2)15(19-14)12(3)18(4)10-13-6-8-16-9-7-13;/h12-13,16H,5-10H2,1-4H3;1H. The third-order valence-electron chi connectivity index (χ3n) is 4.22. The molecule has 3 nitrogen and oxygen atoms in total. The summed E-state index contributed by atoms with van der Waals surface area (Å²) >= 11 is 1.89. The van der Waals surface area contributed by atoms with Gasteiger partial charge in [-0.3, -0.25) is 4.90 Å². The maximum atomic E-state index is 4.66. The van der Waals surface area contributed by atoms with E-state index >= 15 is 0 Å². The average Bonchev–Trinajstić information content (AvgIpc) is 2.80. The zero-order valence-corrected chi connectivity index (χ0v) is 14.7. The number of aromatic nitrogens is 1. The largest absolute Gasteiger partial charge is 0.317 e. The lowest BCUT2D eigenvalue weighted by Crippen LogP contribution is -2.35. The van der Waals surface area contributed by atoms with Crippen LogP contribution in [0, 0.1) is 12.8 Å². The second-order valence-corrected chi connectivity index (χ2v) is 6.83.